The third-order valence-electron chi connectivity index (χ3n) is 4.99. The predicted molar refractivity (Wildman–Crippen MR) is 131 cm³/mol. The fourth-order valence-electron chi connectivity index (χ4n) is 3.26. The van der Waals surface area contributed by atoms with Gasteiger partial charge >= 0.3 is 0 Å². The molecule has 1 heterocycles. The zero-order chi connectivity index (χ0) is 23.6. The molecule has 0 aliphatic rings. The Morgan fingerprint density at radius 2 is 1.73 bits per heavy atom. The maximum atomic E-state index is 12.8. The molecule has 0 aliphatic carbocycles. The van der Waals surface area contributed by atoms with E-state index in [0.717, 1.165) is 5.56 Å². The number of benzene rings is 2. The van der Waals surface area contributed by atoms with Gasteiger partial charge < -0.3 is 15.2 Å². The summed E-state index contributed by atoms with van der Waals surface area (Å²) in [7, 11) is 0. The minimum Gasteiger partial charge on any atom is -0.351 e. The summed E-state index contributed by atoms with van der Waals surface area (Å²) in [6.07, 6.45) is 1.75. The maximum absolute atomic E-state index is 12.8. The normalized spacial score (nSPS) is 11.7. The lowest BCUT2D eigenvalue weighted by atomic mass is 10.0. The van der Waals surface area contributed by atoms with Crippen LogP contribution in [0.5, 0.6) is 0 Å². The van der Waals surface area contributed by atoms with E-state index >= 15 is 0 Å². The van der Waals surface area contributed by atoms with Gasteiger partial charge in [0.05, 0.1) is 11.8 Å². The second-order valence-corrected chi connectivity index (χ2v) is 8.79. The molecular formula is C25H29N5O2S. The van der Waals surface area contributed by atoms with E-state index in [1.807, 2.05) is 66.9 Å². The number of aromatic nitrogens is 3. The molecule has 0 bridgehead atoms. The number of allylic oxidation sites excluding steroid dienone is 1. The summed E-state index contributed by atoms with van der Waals surface area (Å²) < 4.78 is 1.90. The topological polar surface area (TPSA) is 88.9 Å². The van der Waals surface area contributed by atoms with Crippen molar-refractivity contribution in [2.45, 2.75) is 38.1 Å². The number of nitrogens with one attached hydrogen (secondary N) is 2. The molecule has 1 atom stereocenters. The molecule has 0 unspecified atom stereocenters. The van der Waals surface area contributed by atoms with E-state index in [4.69, 9.17) is 0 Å². The molecule has 0 spiro atoms. The second-order valence-electron chi connectivity index (χ2n) is 7.85. The number of nitrogens with zero attached hydrogens (tertiary/aromatic N) is 3. The lowest BCUT2D eigenvalue weighted by molar-refractivity contribution is -0.118. The van der Waals surface area contributed by atoms with Crippen molar-refractivity contribution in [3.63, 3.8) is 0 Å². The van der Waals surface area contributed by atoms with Crippen LogP contribution in [-0.4, -0.2) is 32.3 Å². The number of amides is 2. The maximum Gasteiger partial charge on any atom is 0.251 e. The van der Waals surface area contributed by atoms with Gasteiger partial charge in [-0.2, -0.15) is 0 Å². The Morgan fingerprint density at radius 3 is 2.36 bits per heavy atom. The number of hydrogen-bond donors (Lipinski definition) is 2. The van der Waals surface area contributed by atoms with E-state index in [2.05, 4.69) is 27.4 Å². The summed E-state index contributed by atoms with van der Waals surface area (Å²) in [5, 5.41) is 15.3. The Morgan fingerprint density at radius 1 is 1.06 bits per heavy atom. The first kappa shape index (κ1) is 24.3. The molecule has 3 aromatic rings. The van der Waals surface area contributed by atoms with Gasteiger partial charge in [-0.3, -0.25) is 9.59 Å². The van der Waals surface area contributed by atoms with Crippen LogP contribution in [-0.2, 0) is 17.9 Å². The first-order chi connectivity index (χ1) is 16.0. The summed E-state index contributed by atoms with van der Waals surface area (Å²) in [5.74, 6) is 0.678. The highest BCUT2D eigenvalue weighted by Crippen LogP contribution is 2.25. The Bertz CT molecular complexity index is 1070. The van der Waals surface area contributed by atoms with E-state index < -0.39 is 0 Å². The van der Waals surface area contributed by atoms with Crippen molar-refractivity contribution in [1.29, 1.82) is 0 Å². The minimum atomic E-state index is -0.341. The predicted octanol–water partition coefficient (Wildman–Crippen LogP) is 4.00. The average Bonchev–Trinajstić information content (AvgIpc) is 3.23. The summed E-state index contributed by atoms with van der Waals surface area (Å²) in [6, 6.07) is 18.5. The third-order valence-corrected chi connectivity index (χ3v) is 5.96. The van der Waals surface area contributed by atoms with Crippen molar-refractivity contribution in [2.75, 3.05) is 5.75 Å². The van der Waals surface area contributed by atoms with Gasteiger partial charge in [-0.15, -0.1) is 16.8 Å². The summed E-state index contributed by atoms with van der Waals surface area (Å²) in [6.45, 7) is 8.83. The first-order valence-corrected chi connectivity index (χ1v) is 11.8. The fraction of sp³-hybridized carbons (Fsp3) is 0.280. The van der Waals surface area contributed by atoms with E-state index in [1.54, 1.807) is 18.2 Å². The Hall–Kier alpha value is -3.39. The van der Waals surface area contributed by atoms with Crippen molar-refractivity contribution in [2.24, 2.45) is 5.92 Å². The molecule has 0 fully saturated rings. The molecule has 1 aromatic heterocycles. The van der Waals surface area contributed by atoms with Crippen LogP contribution in [0, 0.1) is 5.92 Å². The SMILES string of the molecule is C=CCn1c(SCC(=O)NCc2ccccc2)nnc1[C@@H](NC(=O)c1ccccc1)C(C)C. The molecule has 2 N–H and O–H groups in total. The van der Waals surface area contributed by atoms with Crippen LogP contribution in [0.15, 0.2) is 78.5 Å². The Labute approximate surface area is 198 Å². The first-order valence-electron chi connectivity index (χ1n) is 10.8. The largest absolute Gasteiger partial charge is 0.351 e. The van der Waals surface area contributed by atoms with E-state index in [1.165, 1.54) is 11.8 Å². The standard InChI is InChI=1S/C25H29N5O2S/c1-4-15-30-23(22(18(2)3)27-24(32)20-13-9-6-10-14-20)28-29-25(30)33-17-21(31)26-16-19-11-7-5-8-12-19/h4-14,18,22H,1,15-17H2,2-3H3,(H,26,31)(H,27,32)/t22-/m0/s1. The molecule has 0 saturated heterocycles. The summed E-state index contributed by atoms with van der Waals surface area (Å²) >= 11 is 1.31. The lowest BCUT2D eigenvalue weighted by Gasteiger charge is -2.22. The van der Waals surface area contributed by atoms with Gasteiger partial charge in [0.25, 0.3) is 5.91 Å². The Balaban J connectivity index is 1.69. The fourth-order valence-corrected chi connectivity index (χ4v) is 4.04. The van der Waals surface area contributed by atoms with Gasteiger partial charge in [0.15, 0.2) is 11.0 Å². The minimum absolute atomic E-state index is 0.0810. The summed E-state index contributed by atoms with van der Waals surface area (Å²) in [4.78, 5) is 25.1. The van der Waals surface area contributed by atoms with Gasteiger partial charge in [0.1, 0.15) is 0 Å². The van der Waals surface area contributed by atoms with Crippen LogP contribution in [0.2, 0.25) is 0 Å². The molecule has 7 nitrogen and oxygen atoms in total. The van der Waals surface area contributed by atoms with Crippen LogP contribution >= 0.6 is 11.8 Å². The van der Waals surface area contributed by atoms with Crippen LogP contribution in [0.4, 0.5) is 0 Å². The highest BCUT2D eigenvalue weighted by Gasteiger charge is 2.26. The molecule has 2 amide bonds. The molecule has 172 valence electrons. The van der Waals surface area contributed by atoms with Crippen LogP contribution in [0.25, 0.3) is 0 Å². The van der Waals surface area contributed by atoms with Gasteiger partial charge in [0, 0.05) is 18.7 Å². The third kappa shape index (κ3) is 6.79. The highest BCUT2D eigenvalue weighted by atomic mass is 32.2. The van der Waals surface area contributed by atoms with Gasteiger partial charge in [-0.1, -0.05) is 80.2 Å². The number of carbonyl (C=O) groups excluding carboxylic acids is 2. The van der Waals surface area contributed by atoms with Crippen molar-refractivity contribution < 1.29 is 9.59 Å². The van der Waals surface area contributed by atoms with Gasteiger partial charge in [0.2, 0.25) is 5.91 Å². The Kier molecular flexibility index (Phi) is 8.83. The van der Waals surface area contributed by atoms with Crippen molar-refractivity contribution in [1.82, 2.24) is 25.4 Å². The van der Waals surface area contributed by atoms with Crippen molar-refractivity contribution in [3.8, 4) is 0 Å². The second kappa shape index (κ2) is 12.0. The molecule has 0 radical (unpaired) electrons. The molecule has 3 rings (SSSR count). The number of thioether (sulfide) groups is 1. The lowest BCUT2D eigenvalue weighted by Crippen LogP contribution is -2.33. The summed E-state index contributed by atoms with van der Waals surface area (Å²) in [5.41, 5.74) is 1.63. The number of rotatable bonds is 11. The van der Waals surface area contributed by atoms with Crippen molar-refractivity contribution in [3.05, 3.63) is 90.3 Å². The zero-order valence-corrected chi connectivity index (χ0v) is 19.7. The zero-order valence-electron chi connectivity index (χ0n) is 18.9. The molecule has 33 heavy (non-hydrogen) atoms. The average molecular weight is 464 g/mol. The van der Waals surface area contributed by atoms with Gasteiger partial charge in [-0.25, -0.2) is 0 Å². The number of carbonyl (C=O) groups is 2. The van der Waals surface area contributed by atoms with Crippen LogP contribution in [0.1, 0.15) is 41.6 Å². The molecule has 0 saturated carbocycles. The van der Waals surface area contributed by atoms with E-state index in [0.29, 0.717) is 29.6 Å². The highest BCUT2D eigenvalue weighted by molar-refractivity contribution is 7.99. The quantitative estimate of drug-likeness (QED) is 0.331. The molecule has 8 heteroatoms. The van der Waals surface area contributed by atoms with Gasteiger partial charge in [-0.05, 0) is 23.6 Å². The van der Waals surface area contributed by atoms with Crippen molar-refractivity contribution >= 4 is 23.6 Å². The monoisotopic (exact) mass is 463 g/mol. The smallest absolute Gasteiger partial charge is 0.251 e. The van der Waals surface area contributed by atoms with E-state index in [9.17, 15) is 9.59 Å². The van der Waals surface area contributed by atoms with E-state index in [-0.39, 0.29) is 29.5 Å². The van der Waals surface area contributed by atoms with Crippen LogP contribution in [0.3, 0.4) is 0 Å². The molecule has 0 aliphatic heterocycles. The van der Waals surface area contributed by atoms with Crippen LogP contribution < -0.4 is 10.6 Å². The molecule has 2 aromatic carbocycles. The molecular weight excluding hydrogens is 434 g/mol. The number of hydrogen-bond acceptors (Lipinski definition) is 5.